The zero-order valence-corrected chi connectivity index (χ0v) is 9.86. The predicted molar refractivity (Wildman–Crippen MR) is 64.4 cm³/mol. The molecule has 1 N–H and O–H groups in total. The van der Waals surface area contributed by atoms with Crippen molar-refractivity contribution in [1.82, 2.24) is 10.3 Å². The van der Waals surface area contributed by atoms with E-state index in [-0.39, 0.29) is 0 Å². The normalized spacial score (nSPS) is 24.8. The molecule has 0 aromatic carbocycles. The molecule has 16 heavy (non-hydrogen) atoms. The van der Waals surface area contributed by atoms with Crippen LogP contribution in [0.25, 0.3) is 0 Å². The molecule has 2 unspecified atom stereocenters. The van der Waals surface area contributed by atoms with Gasteiger partial charge < -0.3 is 10.1 Å². The molecule has 1 saturated carbocycles. The molecule has 0 aliphatic heterocycles. The molecule has 0 bridgehead atoms. The van der Waals surface area contributed by atoms with Crippen molar-refractivity contribution < 1.29 is 4.74 Å². The van der Waals surface area contributed by atoms with Gasteiger partial charge in [-0.25, -0.2) is 0 Å². The van der Waals surface area contributed by atoms with Crippen LogP contribution in [0.3, 0.4) is 0 Å². The highest BCUT2D eigenvalue weighted by molar-refractivity contribution is 5.03. The van der Waals surface area contributed by atoms with E-state index in [1.165, 1.54) is 12.8 Å². The molecule has 1 heterocycles. The summed E-state index contributed by atoms with van der Waals surface area (Å²) in [5, 5.41) is 3.57. The zero-order chi connectivity index (χ0) is 11.2. The van der Waals surface area contributed by atoms with Gasteiger partial charge in [0.15, 0.2) is 0 Å². The SMILES string of the molecule is COC1CCC(NCCc2ccccn2)C1. The summed E-state index contributed by atoms with van der Waals surface area (Å²) in [6.45, 7) is 1.01. The van der Waals surface area contributed by atoms with Gasteiger partial charge in [-0.3, -0.25) is 4.98 Å². The Bertz CT molecular complexity index is 302. The third-order valence-corrected chi connectivity index (χ3v) is 3.26. The number of rotatable bonds is 5. The van der Waals surface area contributed by atoms with Crippen molar-refractivity contribution in [2.45, 2.75) is 37.8 Å². The van der Waals surface area contributed by atoms with Gasteiger partial charge in [0.05, 0.1) is 6.10 Å². The summed E-state index contributed by atoms with van der Waals surface area (Å²) >= 11 is 0. The van der Waals surface area contributed by atoms with Gasteiger partial charge in [-0.05, 0) is 31.4 Å². The van der Waals surface area contributed by atoms with Crippen molar-refractivity contribution in [3.63, 3.8) is 0 Å². The Labute approximate surface area is 97.2 Å². The van der Waals surface area contributed by atoms with E-state index in [0.717, 1.165) is 25.1 Å². The van der Waals surface area contributed by atoms with E-state index in [1.54, 1.807) is 7.11 Å². The summed E-state index contributed by atoms with van der Waals surface area (Å²) in [5.41, 5.74) is 1.16. The maximum atomic E-state index is 5.35. The first kappa shape index (κ1) is 11.6. The van der Waals surface area contributed by atoms with Crippen LogP contribution in [0.15, 0.2) is 24.4 Å². The van der Waals surface area contributed by atoms with Crippen LogP contribution in [0.5, 0.6) is 0 Å². The van der Waals surface area contributed by atoms with Gasteiger partial charge in [0.1, 0.15) is 0 Å². The van der Waals surface area contributed by atoms with Crippen molar-refractivity contribution in [3.8, 4) is 0 Å². The van der Waals surface area contributed by atoms with Crippen molar-refractivity contribution in [3.05, 3.63) is 30.1 Å². The minimum absolute atomic E-state index is 0.465. The number of aromatic nitrogens is 1. The quantitative estimate of drug-likeness (QED) is 0.821. The highest BCUT2D eigenvalue weighted by atomic mass is 16.5. The first-order valence-electron chi connectivity index (χ1n) is 6.04. The molecule has 1 fully saturated rings. The molecule has 2 atom stereocenters. The second-order valence-corrected chi connectivity index (χ2v) is 4.39. The summed E-state index contributed by atoms with van der Waals surface area (Å²) in [6.07, 6.45) is 6.91. The highest BCUT2D eigenvalue weighted by Crippen LogP contribution is 2.21. The first-order valence-corrected chi connectivity index (χ1v) is 6.04. The number of nitrogens with one attached hydrogen (secondary N) is 1. The second-order valence-electron chi connectivity index (χ2n) is 4.39. The monoisotopic (exact) mass is 220 g/mol. The van der Waals surface area contributed by atoms with Crippen LogP contribution < -0.4 is 5.32 Å². The summed E-state index contributed by atoms with van der Waals surface area (Å²) in [4.78, 5) is 4.31. The number of pyridine rings is 1. The van der Waals surface area contributed by atoms with Gasteiger partial charge in [0.2, 0.25) is 0 Å². The average molecular weight is 220 g/mol. The van der Waals surface area contributed by atoms with E-state index >= 15 is 0 Å². The molecule has 0 radical (unpaired) electrons. The van der Waals surface area contributed by atoms with Gasteiger partial charge >= 0.3 is 0 Å². The number of hydrogen-bond acceptors (Lipinski definition) is 3. The van der Waals surface area contributed by atoms with Crippen LogP contribution in [0.2, 0.25) is 0 Å². The molecule has 3 heteroatoms. The Morgan fingerprint density at radius 1 is 1.44 bits per heavy atom. The van der Waals surface area contributed by atoms with E-state index in [0.29, 0.717) is 12.1 Å². The molecular weight excluding hydrogens is 200 g/mol. The molecule has 3 nitrogen and oxygen atoms in total. The molecule has 1 aliphatic carbocycles. The van der Waals surface area contributed by atoms with E-state index in [9.17, 15) is 0 Å². The van der Waals surface area contributed by atoms with E-state index in [2.05, 4.69) is 16.4 Å². The Morgan fingerprint density at radius 2 is 2.38 bits per heavy atom. The van der Waals surface area contributed by atoms with Crippen LogP contribution in [-0.2, 0) is 11.2 Å². The molecule has 1 aromatic rings. The number of methoxy groups -OCH3 is 1. The van der Waals surface area contributed by atoms with Crippen molar-refractivity contribution in [1.29, 1.82) is 0 Å². The topological polar surface area (TPSA) is 34.1 Å². The molecule has 0 spiro atoms. The van der Waals surface area contributed by atoms with Crippen molar-refractivity contribution in [2.75, 3.05) is 13.7 Å². The van der Waals surface area contributed by atoms with Gasteiger partial charge in [-0.2, -0.15) is 0 Å². The Balaban J connectivity index is 1.65. The smallest absolute Gasteiger partial charge is 0.0586 e. The molecule has 2 rings (SSSR count). The Kier molecular flexibility index (Phi) is 4.31. The first-order chi connectivity index (χ1) is 7.88. The van der Waals surface area contributed by atoms with Crippen LogP contribution in [-0.4, -0.2) is 30.8 Å². The maximum Gasteiger partial charge on any atom is 0.0586 e. The zero-order valence-electron chi connectivity index (χ0n) is 9.86. The lowest BCUT2D eigenvalue weighted by molar-refractivity contribution is 0.107. The molecular formula is C13H20N2O. The second kappa shape index (κ2) is 5.97. The predicted octanol–water partition coefficient (Wildman–Crippen LogP) is 1.78. The van der Waals surface area contributed by atoms with Crippen molar-refractivity contribution in [2.24, 2.45) is 0 Å². The lowest BCUT2D eigenvalue weighted by atomic mass is 10.2. The summed E-state index contributed by atoms with van der Waals surface area (Å²) in [7, 11) is 1.81. The Hall–Kier alpha value is -0.930. The summed E-state index contributed by atoms with van der Waals surface area (Å²) in [6, 6.07) is 6.71. The van der Waals surface area contributed by atoms with E-state index in [4.69, 9.17) is 4.74 Å². The third-order valence-electron chi connectivity index (χ3n) is 3.26. The van der Waals surface area contributed by atoms with Crippen LogP contribution in [0, 0.1) is 0 Å². The number of hydrogen-bond donors (Lipinski definition) is 1. The fraction of sp³-hybridized carbons (Fsp3) is 0.615. The molecule has 1 aromatic heterocycles. The largest absolute Gasteiger partial charge is 0.381 e. The van der Waals surface area contributed by atoms with E-state index < -0.39 is 0 Å². The minimum Gasteiger partial charge on any atom is -0.381 e. The number of nitrogens with zero attached hydrogens (tertiary/aromatic N) is 1. The van der Waals surface area contributed by atoms with E-state index in [1.807, 2.05) is 18.3 Å². The van der Waals surface area contributed by atoms with Crippen LogP contribution in [0.1, 0.15) is 25.0 Å². The van der Waals surface area contributed by atoms with Crippen molar-refractivity contribution >= 4 is 0 Å². The lowest BCUT2D eigenvalue weighted by Crippen LogP contribution is -2.29. The average Bonchev–Trinajstić information content (AvgIpc) is 2.78. The van der Waals surface area contributed by atoms with Crippen LogP contribution in [0.4, 0.5) is 0 Å². The molecule has 1 aliphatic rings. The molecule has 88 valence electrons. The standard InChI is InChI=1S/C13H20N2O/c1-16-13-6-5-12(10-13)15-9-7-11-4-2-3-8-14-11/h2-4,8,12-13,15H,5-7,9-10H2,1H3. The van der Waals surface area contributed by atoms with Crippen LogP contribution >= 0.6 is 0 Å². The highest BCUT2D eigenvalue weighted by Gasteiger charge is 2.23. The Morgan fingerprint density at radius 3 is 3.06 bits per heavy atom. The number of ether oxygens (including phenoxy) is 1. The van der Waals surface area contributed by atoms with Gasteiger partial charge in [-0.15, -0.1) is 0 Å². The lowest BCUT2D eigenvalue weighted by Gasteiger charge is -2.12. The van der Waals surface area contributed by atoms with Gasteiger partial charge in [0.25, 0.3) is 0 Å². The maximum absolute atomic E-state index is 5.35. The summed E-state index contributed by atoms with van der Waals surface area (Å²) in [5.74, 6) is 0. The van der Waals surface area contributed by atoms with Gasteiger partial charge in [-0.1, -0.05) is 6.07 Å². The fourth-order valence-corrected chi connectivity index (χ4v) is 2.29. The fourth-order valence-electron chi connectivity index (χ4n) is 2.29. The minimum atomic E-state index is 0.465. The molecule has 0 amide bonds. The van der Waals surface area contributed by atoms with Gasteiger partial charge in [0, 0.05) is 38.0 Å². The third kappa shape index (κ3) is 3.29. The molecule has 0 saturated heterocycles. The summed E-state index contributed by atoms with van der Waals surface area (Å²) < 4.78 is 5.35.